The Balaban J connectivity index is 1.75. The van der Waals surface area contributed by atoms with E-state index in [1.54, 1.807) is 0 Å². The van der Waals surface area contributed by atoms with Crippen LogP contribution in [0.15, 0.2) is 42.5 Å². The van der Waals surface area contributed by atoms with Gasteiger partial charge in [-0.2, -0.15) is 0 Å². The quantitative estimate of drug-likeness (QED) is 0.707. The van der Waals surface area contributed by atoms with Crippen LogP contribution in [0.5, 0.6) is 0 Å². The van der Waals surface area contributed by atoms with Crippen molar-refractivity contribution in [3.63, 3.8) is 0 Å². The van der Waals surface area contributed by atoms with Crippen LogP contribution in [0.3, 0.4) is 0 Å². The maximum absolute atomic E-state index is 9.86. The monoisotopic (exact) mass is 296 g/mol. The molecular formula is C17H16N2O3. The van der Waals surface area contributed by atoms with Gasteiger partial charge in [-0.1, -0.05) is 18.2 Å². The summed E-state index contributed by atoms with van der Waals surface area (Å²) in [4.78, 5) is 9.24. The molecule has 1 fully saturated rings. The number of fused-ring (bicyclic) bond motifs is 2. The van der Waals surface area contributed by atoms with Crippen molar-refractivity contribution in [2.24, 2.45) is 0 Å². The van der Waals surface area contributed by atoms with Crippen molar-refractivity contribution in [1.82, 2.24) is 9.97 Å². The van der Waals surface area contributed by atoms with Crippen LogP contribution in [0.25, 0.3) is 22.1 Å². The first-order valence-corrected chi connectivity index (χ1v) is 7.35. The molecule has 5 heteroatoms. The summed E-state index contributed by atoms with van der Waals surface area (Å²) in [5.41, 5.74) is 4.32. The van der Waals surface area contributed by atoms with Crippen LogP contribution in [-0.4, -0.2) is 39.0 Å². The van der Waals surface area contributed by atoms with Crippen LogP contribution in [0.1, 0.15) is 18.1 Å². The summed E-state index contributed by atoms with van der Waals surface area (Å²) in [6.07, 6.45) is -0.876. The molecule has 0 aliphatic carbocycles. The molecule has 1 aromatic heterocycles. The SMILES string of the molecule is OCC1OC(c2ccc3nc4ccccc4nc3c2)CC1O. The van der Waals surface area contributed by atoms with Gasteiger partial charge >= 0.3 is 0 Å². The van der Waals surface area contributed by atoms with Crippen LogP contribution < -0.4 is 0 Å². The summed E-state index contributed by atoms with van der Waals surface area (Å²) in [5, 5.41) is 19.0. The molecule has 1 aliphatic rings. The van der Waals surface area contributed by atoms with Gasteiger partial charge in [0.1, 0.15) is 6.10 Å². The molecule has 0 bridgehead atoms. The van der Waals surface area contributed by atoms with Crippen LogP contribution >= 0.6 is 0 Å². The van der Waals surface area contributed by atoms with Crippen LogP contribution in [0.4, 0.5) is 0 Å². The summed E-state index contributed by atoms with van der Waals surface area (Å²) in [5.74, 6) is 0. The van der Waals surface area contributed by atoms with E-state index in [2.05, 4.69) is 9.97 Å². The molecule has 0 radical (unpaired) electrons. The second-order valence-corrected chi connectivity index (χ2v) is 5.61. The van der Waals surface area contributed by atoms with E-state index in [0.717, 1.165) is 27.6 Å². The van der Waals surface area contributed by atoms with Gasteiger partial charge in [0.05, 0.1) is 40.9 Å². The van der Waals surface area contributed by atoms with Gasteiger partial charge < -0.3 is 14.9 Å². The van der Waals surface area contributed by atoms with Gasteiger partial charge in [0.25, 0.3) is 0 Å². The van der Waals surface area contributed by atoms with Crippen LogP contribution in [-0.2, 0) is 4.74 Å². The standard InChI is InChI=1S/C17H16N2O3/c20-9-17-15(21)8-16(22-17)10-5-6-13-14(7-10)19-12-4-2-1-3-11(12)18-13/h1-7,15-17,20-21H,8-9H2. The Hall–Kier alpha value is -2.08. The van der Waals surface area contributed by atoms with E-state index >= 15 is 0 Å². The zero-order chi connectivity index (χ0) is 15.1. The smallest absolute Gasteiger partial charge is 0.107 e. The minimum atomic E-state index is -0.631. The number of hydrogen-bond donors (Lipinski definition) is 2. The number of nitrogens with zero attached hydrogens (tertiary/aromatic N) is 2. The first kappa shape index (κ1) is 13.6. The molecule has 2 heterocycles. The summed E-state index contributed by atoms with van der Waals surface area (Å²) >= 11 is 0. The predicted molar refractivity (Wildman–Crippen MR) is 82.4 cm³/mol. The Kier molecular flexibility index (Phi) is 3.26. The molecule has 0 saturated carbocycles. The Labute approximate surface area is 127 Å². The van der Waals surface area contributed by atoms with Crippen molar-refractivity contribution < 1.29 is 14.9 Å². The van der Waals surface area contributed by atoms with E-state index in [1.165, 1.54) is 0 Å². The van der Waals surface area contributed by atoms with E-state index in [9.17, 15) is 10.2 Å². The maximum Gasteiger partial charge on any atom is 0.107 e. The minimum Gasteiger partial charge on any atom is -0.394 e. The van der Waals surface area contributed by atoms with E-state index in [4.69, 9.17) is 4.74 Å². The number of benzene rings is 2. The summed E-state index contributed by atoms with van der Waals surface area (Å²) < 4.78 is 5.70. The van der Waals surface area contributed by atoms with E-state index in [1.807, 2.05) is 42.5 Å². The lowest BCUT2D eigenvalue weighted by Gasteiger charge is -2.12. The highest BCUT2D eigenvalue weighted by Crippen LogP contribution is 2.34. The molecule has 0 amide bonds. The first-order chi connectivity index (χ1) is 10.7. The van der Waals surface area contributed by atoms with Gasteiger partial charge in [-0.25, -0.2) is 9.97 Å². The highest BCUT2D eigenvalue weighted by atomic mass is 16.5. The van der Waals surface area contributed by atoms with Crippen molar-refractivity contribution in [3.8, 4) is 0 Å². The summed E-state index contributed by atoms with van der Waals surface area (Å²) in [7, 11) is 0. The third kappa shape index (κ3) is 2.23. The fraction of sp³-hybridized carbons (Fsp3) is 0.294. The van der Waals surface area contributed by atoms with Gasteiger partial charge in [0.15, 0.2) is 0 Å². The van der Waals surface area contributed by atoms with Crippen molar-refractivity contribution >= 4 is 22.1 Å². The molecule has 112 valence electrons. The van der Waals surface area contributed by atoms with E-state index in [0.29, 0.717) is 6.42 Å². The number of aromatic nitrogens is 2. The molecule has 1 saturated heterocycles. The summed E-state index contributed by atoms with van der Waals surface area (Å²) in [6.45, 7) is -0.171. The van der Waals surface area contributed by atoms with Gasteiger partial charge in [-0.3, -0.25) is 0 Å². The van der Waals surface area contributed by atoms with Crippen molar-refractivity contribution in [2.45, 2.75) is 24.7 Å². The van der Waals surface area contributed by atoms with Gasteiger partial charge in [0, 0.05) is 6.42 Å². The van der Waals surface area contributed by atoms with Gasteiger partial charge in [0.2, 0.25) is 0 Å². The topological polar surface area (TPSA) is 75.5 Å². The predicted octanol–water partition coefficient (Wildman–Crippen LogP) is 1.97. The Morgan fingerprint density at radius 2 is 1.68 bits per heavy atom. The Morgan fingerprint density at radius 3 is 2.36 bits per heavy atom. The second kappa shape index (κ2) is 5.28. The highest BCUT2D eigenvalue weighted by Gasteiger charge is 2.34. The fourth-order valence-electron chi connectivity index (χ4n) is 2.95. The molecule has 1 aliphatic heterocycles. The largest absolute Gasteiger partial charge is 0.394 e. The van der Waals surface area contributed by atoms with E-state index in [-0.39, 0.29) is 12.7 Å². The fourth-order valence-corrected chi connectivity index (χ4v) is 2.95. The lowest BCUT2D eigenvalue weighted by Crippen LogP contribution is -2.24. The van der Waals surface area contributed by atoms with Gasteiger partial charge in [-0.15, -0.1) is 0 Å². The van der Waals surface area contributed by atoms with Crippen LogP contribution in [0.2, 0.25) is 0 Å². The summed E-state index contributed by atoms with van der Waals surface area (Å²) in [6, 6.07) is 13.6. The molecule has 2 N–H and O–H groups in total. The molecule has 4 rings (SSSR count). The molecular weight excluding hydrogens is 280 g/mol. The average molecular weight is 296 g/mol. The normalized spacial score (nSPS) is 25.1. The lowest BCUT2D eigenvalue weighted by molar-refractivity contribution is -0.0225. The van der Waals surface area contributed by atoms with Crippen molar-refractivity contribution in [3.05, 3.63) is 48.0 Å². The van der Waals surface area contributed by atoms with Gasteiger partial charge in [-0.05, 0) is 29.8 Å². The molecule has 22 heavy (non-hydrogen) atoms. The number of para-hydroxylation sites is 2. The number of aliphatic hydroxyl groups is 2. The average Bonchev–Trinajstić information content (AvgIpc) is 2.93. The number of aliphatic hydroxyl groups excluding tert-OH is 2. The van der Waals surface area contributed by atoms with Crippen molar-refractivity contribution in [2.75, 3.05) is 6.61 Å². The molecule has 3 unspecified atom stereocenters. The first-order valence-electron chi connectivity index (χ1n) is 7.35. The number of rotatable bonds is 2. The Bertz CT molecular complexity index is 836. The Morgan fingerprint density at radius 1 is 1.00 bits per heavy atom. The number of hydrogen-bond acceptors (Lipinski definition) is 5. The molecule has 3 aromatic rings. The molecule has 3 atom stereocenters. The number of ether oxygens (including phenoxy) is 1. The lowest BCUT2D eigenvalue weighted by atomic mass is 10.0. The molecule has 5 nitrogen and oxygen atoms in total. The van der Waals surface area contributed by atoms with E-state index < -0.39 is 12.2 Å². The second-order valence-electron chi connectivity index (χ2n) is 5.61. The minimum absolute atomic E-state index is 0.171. The van der Waals surface area contributed by atoms with Crippen LogP contribution in [0, 0.1) is 0 Å². The van der Waals surface area contributed by atoms with Crippen molar-refractivity contribution in [1.29, 1.82) is 0 Å². The zero-order valence-electron chi connectivity index (χ0n) is 11.9. The zero-order valence-corrected chi connectivity index (χ0v) is 11.9. The highest BCUT2D eigenvalue weighted by molar-refractivity contribution is 5.86. The molecule has 0 spiro atoms. The third-order valence-corrected chi connectivity index (χ3v) is 4.14. The third-order valence-electron chi connectivity index (χ3n) is 4.14. The maximum atomic E-state index is 9.86. The molecule has 2 aromatic carbocycles.